The lowest BCUT2D eigenvalue weighted by Crippen LogP contribution is -2.43. The summed E-state index contributed by atoms with van der Waals surface area (Å²) in [7, 11) is 1.29. The lowest BCUT2D eigenvalue weighted by Gasteiger charge is -2.32. The number of halogens is 4. The van der Waals surface area contributed by atoms with E-state index in [1.807, 2.05) is 0 Å². The second kappa shape index (κ2) is 8.23. The number of methoxy groups -OCH3 is 1. The van der Waals surface area contributed by atoms with Crippen LogP contribution in [-0.4, -0.2) is 35.2 Å². The molecular weight excluding hydrogens is 444 g/mol. The SMILES string of the molecule is COc1cc(F)ccc1C(=O)Nc1cnn2c1C(=O)N(c1ccc(C(F)(F)F)cc1)C[C@@H]2C. The van der Waals surface area contributed by atoms with Crippen molar-refractivity contribution in [2.45, 2.75) is 19.1 Å². The van der Waals surface area contributed by atoms with E-state index in [0.29, 0.717) is 0 Å². The van der Waals surface area contributed by atoms with E-state index in [0.717, 1.165) is 24.3 Å². The summed E-state index contributed by atoms with van der Waals surface area (Å²) < 4.78 is 58.6. The van der Waals surface area contributed by atoms with Crippen LogP contribution in [-0.2, 0) is 6.18 Å². The molecule has 7 nitrogen and oxygen atoms in total. The van der Waals surface area contributed by atoms with Gasteiger partial charge in [-0.25, -0.2) is 4.39 Å². The molecule has 1 aliphatic heterocycles. The molecule has 0 spiro atoms. The van der Waals surface area contributed by atoms with E-state index in [-0.39, 0.29) is 41.0 Å². The maximum Gasteiger partial charge on any atom is 0.416 e. The average molecular weight is 462 g/mol. The summed E-state index contributed by atoms with van der Waals surface area (Å²) in [5, 5.41) is 6.77. The molecule has 1 atom stereocenters. The highest BCUT2D eigenvalue weighted by molar-refractivity contribution is 6.13. The van der Waals surface area contributed by atoms with Crippen molar-refractivity contribution in [1.29, 1.82) is 0 Å². The quantitative estimate of drug-likeness (QED) is 0.579. The Morgan fingerprint density at radius 2 is 1.88 bits per heavy atom. The van der Waals surface area contributed by atoms with E-state index < -0.39 is 29.4 Å². The van der Waals surface area contributed by atoms with E-state index in [1.165, 1.54) is 41.1 Å². The van der Waals surface area contributed by atoms with E-state index in [2.05, 4.69) is 10.4 Å². The van der Waals surface area contributed by atoms with Crippen molar-refractivity contribution in [2.75, 3.05) is 23.9 Å². The van der Waals surface area contributed by atoms with Gasteiger partial charge in [0.05, 0.1) is 36.2 Å². The van der Waals surface area contributed by atoms with E-state index in [4.69, 9.17) is 4.74 Å². The van der Waals surface area contributed by atoms with Crippen LogP contribution in [0.2, 0.25) is 0 Å². The minimum Gasteiger partial charge on any atom is -0.496 e. The number of fused-ring (bicyclic) bond motifs is 1. The summed E-state index contributed by atoms with van der Waals surface area (Å²) in [5.74, 6) is -1.75. The van der Waals surface area contributed by atoms with Gasteiger partial charge >= 0.3 is 6.18 Å². The predicted molar refractivity (Wildman–Crippen MR) is 111 cm³/mol. The first-order valence-corrected chi connectivity index (χ1v) is 9.81. The Hall–Kier alpha value is -3.89. The number of benzene rings is 2. The number of carbonyl (C=O) groups is 2. The number of alkyl halides is 3. The number of ether oxygens (including phenoxy) is 1. The number of nitrogens with one attached hydrogen (secondary N) is 1. The number of rotatable bonds is 4. The second-order valence-electron chi connectivity index (χ2n) is 7.46. The Balaban J connectivity index is 1.64. The van der Waals surface area contributed by atoms with Crippen molar-refractivity contribution < 1.29 is 31.9 Å². The number of carbonyl (C=O) groups excluding carboxylic acids is 2. The molecule has 2 heterocycles. The third kappa shape index (κ3) is 4.13. The van der Waals surface area contributed by atoms with Crippen LogP contribution in [0.15, 0.2) is 48.7 Å². The molecule has 0 bridgehead atoms. The van der Waals surface area contributed by atoms with Gasteiger partial charge in [0.25, 0.3) is 11.8 Å². The molecular formula is C22H18F4N4O3. The molecule has 0 unspecified atom stereocenters. The van der Waals surface area contributed by atoms with Crippen LogP contribution in [0.25, 0.3) is 0 Å². The molecule has 0 saturated heterocycles. The fourth-order valence-corrected chi connectivity index (χ4v) is 3.65. The molecule has 4 rings (SSSR count). The molecule has 0 saturated carbocycles. The van der Waals surface area contributed by atoms with Crippen LogP contribution >= 0.6 is 0 Å². The number of hydrogen-bond donors (Lipinski definition) is 1. The van der Waals surface area contributed by atoms with Crippen molar-refractivity contribution in [1.82, 2.24) is 9.78 Å². The predicted octanol–water partition coefficient (Wildman–Crippen LogP) is 4.52. The number of hydrogen-bond acceptors (Lipinski definition) is 4. The van der Waals surface area contributed by atoms with Crippen LogP contribution in [0.3, 0.4) is 0 Å². The topological polar surface area (TPSA) is 76.5 Å². The summed E-state index contributed by atoms with van der Waals surface area (Å²) in [6.07, 6.45) is -3.18. The second-order valence-corrected chi connectivity index (χ2v) is 7.46. The van der Waals surface area contributed by atoms with Gasteiger partial charge in [0.2, 0.25) is 0 Å². The Morgan fingerprint density at radius 3 is 2.52 bits per heavy atom. The molecule has 0 radical (unpaired) electrons. The molecule has 1 aromatic heterocycles. The zero-order chi connectivity index (χ0) is 23.9. The van der Waals surface area contributed by atoms with E-state index >= 15 is 0 Å². The van der Waals surface area contributed by atoms with Gasteiger partial charge in [0.15, 0.2) is 5.69 Å². The molecule has 2 aromatic carbocycles. The first kappa shape index (κ1) is 22.3. The Morgan fingerprint density at radius 1 is 1.18 bits per heavy atom. The summed E-state index contributed by atoms with van der Waals surface area (Å²) >= 11 is 0. The zero-order valence-electron chi connectivity index (χ0n) is 17.5. The monoisotopic (exact) mass is 462 g/mol. The van der Waals surface area contributed by atoms with Crippen molar-refractivity contribution >= 4 is 23.2 Å². The molecule has 0 fully saturated rings. The third-order valence-corrected chi connectivity index (χ3v) is 5.27. The molecule has 1 aliphatic rings. The molecule has 3 aromatic rings. The van der Waals surface area contributed by atoms with Gasteiger partial charge in [-0.05, 0) is 43.3 Å². The van der Waals surface area contributed by atoms with Crippen LogP contribution in [0.4, 0.5) is 28.9 Å². The normalized spacial score (nSPS) is 15.9. The van der Waals surface area contributed by atoms with Crippen LogP contribution in [0.5, 0.6) is 5.75 Å². The lowest BCUT2D eigenvalue weighted by molar-refractivity contribution is -0.137. The first-order valence-electron chi connectivity index (χ1n) is 9.81. The van der Waals surface area contributed by atoms with Crippen LogP contribution < -0.4 is 15.0 Å². The van der Waals surface area contributed by atoms with Gasteiger partial charge in [0.1, 0.15) is 11.6 Å². The Kier molecular flexibility index (Phi) is 5.56. The van der Waals surface area contributed by atoms with Crippen molar-refractivity contribution in [3.8, 4) is 5.75 Å². The zero-order valence-corrected chi connectivity index (χ0v) is 17.5. The van der Waals surface area contributed by atoms with Gasteiger partial charge < -0.3 is 15.0 Å². The maximum absolute atomic E-state index is 13.5. The summed E-state index contributed by atoms with van der Waals surface area (Å²) in [6.45, 7) is 1.96. The average Bonchev–Trinajstić information content (AvgIpc) is 3.20. The molecule has 172 valence electrons. The van der Waals surface area contributed by atoms with Gasteiger partial charge in [-0.2, -0.15) is 18.3 Å². The third-order valence-electron chi connectivity index (χ3n) is 5.27. The van der Waals surface area contributed by atoms with E-state index in [1.54, 1.807) is 6.92 Å². The Labute approximate surface area is 185 Å². The minimum atomic E-state index is -4.49. The molecule has 1 N–H and O–H groups in total. The molecule has 11 heteroatoms. The highest BCUT2D eigenvalue weighted by Gasteiger charge is 2.35. The van der Waals surface area contributed by atoms with Crippen molar-refractivity contribution in [3.05, 3.63) is 71.3 Å². The smallest absolute Gasteiger partial charge is 0.416 e. The lowest BCUT2D eigenvalue weighted by atomic mass is 10.1. The Bertz CT molecular complexity index is 1220. The number of anilines is 2. The summed E-state index contributed by atoms with van der Waals surface area (Å²) in [4.78, 5) is 27.3. The van der Waals surface area contributed by atoms with Gasteiger partial charge in [-0.1, -0.05) is 0 Å². The standard InChI is InChI=1S/C22H18F4N4O3/c1-12-11-29(15-6-3-13(4-7-15)22(24,25)26)21(32)19-17(10-27-30(12)19)28-20(31)16-8-5-14(23)9-18(16)33-2/h3-10,12H,11H2,1-2H3,(H,28,31)/t12-/m0/s1. The maximum atomic E-state index is 13.5. The van der Waals surface area contributed by atoms with Crippen molar-refractivity contribution in [2.24, 2.45) is 0 Å². The molecule has 2 amide bonds. The number of aromatic nitrogens is 2. The molecule has 33 heavy (non-hydrogen) atoms. The first-order chi connectivity index (χ1) is 15.6. The summed E-state index contributed by atoms with van der Waals surface area (Å²) in [5.41, 5.74) is -0.308. The number of nitrogens with zero attached hydrogens (tertiary/aromatic N) is 3. The van der Waals surface area contributed by atoms with Crippen LogP contribution in [0.1, 0.15) is 39.4 Å². The van der Waals surface area contributed by atoms with Gasteiger partial charge in [-0.3, -0.25) is 14.3 Å². The van der Waals surface area contributed by atoms with Gasteiger partial charge in [0, 0.05) is 18.3 Å². The number of amides is 2. The van der Waals surface area contributed by atoms with Gasteiger partial charge in [-0.15, -0.1) is 0 Å². The van der Waals surface area contributed by atoms with E-state index in [9.17, 15) is 27.2 Å². The summed E-state index contributed by atoms with van der Waals surface area (Å²) in [6, 6.07) is 7.35. The largest absolute Gasteiger partial charge is 0.496 e. The molecule has 0 aliphatic carbocycles. The fourth-order valence-electron chi connectivity index (χ4n) is 3.65. The minimum absolute atomic E-state index is 0.0135. The van der Waals surface area contributed by atoms with Crippen LogP contribution in [0, 0.1) is 5.82 Å². The fraction of sp³-hybridized carbons (Fsp3) is 0.227. The highest BCUT2D eigenvalue weighted by atomic mass is 19.4. The highest BCUT2D eigenvalue weighted by Crippen LogP contribution is 2.34. The van der Waals surface area contributed by atoms with Crippen molar-refractivity contribution in [3.63, 3.8) is 0 Å².